The SMILES string of the molecule is Cc1ccc(C2CC(c3ccc(F)cc3)n3nc(NC(=O)CCCC(=O)O)nc3N2)cc1. The third-order valence-corrected chi connectivity index (χ3v) is 5.47. The standard InChI is InChI=1S/C23H24FN5O3/c1-14-5-7-15(8-6-14)18-13-19(16-9-11-17(24)12-10-16)29-23(25-18)27-22(28-29)26-20(30)3-2-4-21(31)32/h5-12,18-19H,2-4,13H2,1H3,(H,31,32)(H2,25,26,27,28,30). The molecule has 2 heterocycles. The van der Waals surface area contributed by atoms with Gasteiger partial charge in [0.1, 0.15) is 5.82 Å². The molecule has 8 nitrogen and oxygen atoms in total. The molecule has 166 valence electrons. The highest BCUT2D eigenvalue weighted by atomic mass is 19.1. The van der Waals surface area contributed by atoms with Crippen LogP contribution in [-0.2, 0) is 9.59 Å². The van der Waals surface area contributed by atoms with Gasteiger partial charge in [-0.05, 0) is 43.0 Å². The first kappa shape index (κ1) is 21.5. The summed E-state index contributed by atoms with van der Waals surface area (Å²) in [5.74, 6) is -0.961. The van der Waals surface area contributed by atoms with Gasteiger partial charge in [0.25, 0.3) is 5.95 Å². The molecule has 0 saturated carbocycles. The topological polar surface area (TPSA) is 109 Å². The van der Waals surface area contributed by atoms with Crippen molar-refractivity contribution in [3.63, 3.8) is 0 Å². The van der Waals surface area contributed by atoms with Gasteiger partial charge in [0.05, 0.1) is 12.1 Å². The minimum absolute atomic E-state index is 0.0403. The van der Waals surface area contributed by atoms with E-state index in [1.54, 1.807) is 16.8 Å². The molecule has 0 radical (unpaired) electrons. The summed E-state index contributed by atoms with van der Waals surface area (Å²) in [6.07, 6.45) is 0.891. The van der Waals surface area contributed by atoms with Crippen LogP contribution in [0.1, 0.15) is 54.5 Å². The number of benzene rings is 2. The van der Waals surface area contributed by atoms with Gasteiger partial charge in [-0.15, -0.1) is 5.10 Å². The quantitative estimate of drug-likeness (QED) is 0.514. The van der Waals surface area contributed by atoms with Crippen molar-refractivity contribution < 1.29 is 19.1 Å². The normalized spacial score (nSPS) is 17.3. The molecule has 3 aromatic rings. The molecule has 0 saturated heterocycles. The fourth-order valence-corrected chi connectivity index (χ4v) is 3.80. The number of carbonyl (C=O) groups is 2. The smallest absolute Gasteiger partial charge is 0.303 e. The monoisotopic (exact) mass is 437 g/mol. The Kier molecular flexibility index (Phi) is 6.16. The number of carboxylic acid groups (broad SMARTS) is 1. The number of amides is 1. The highest BCUT2D eigenvalue weighted by Gasteiger charge is 2.31. The molecule has 9 heteroatoms. The van der Waals surface area contributed by atoms with Gasteiger partial charge in [-0.25, -0.2) is 9.07 Å². The molecule has 1 aromatic heterocycles. The summed E-state index contributed by atoms with van der Waals surface area (Å²) in [5.41, 5.74) is 3.14. The van der Waals surface area contributed by atoms with E-state index in [9.17, 15) is 14.0 Å². The molecule has 3 N–H and O–H groups in total. The second kappa shape index (κ2) is 9.17. The number of carboxylic acids is 1. The van der Waals surface area contributed by atoms with Crippen LogP contribution in [0.3, 0.4) is 0 Å². The van der Waals surface area contributed by atoms with E-state index in [1.165, 1.54) is 12.1 Å². The zero-order chi connectivity index (χ0) is 22.7. The zero-order valence-electron chi connectivity index (χ0n) is 17.6. The molecule has 4 rings (SSSR count). The maximum Gasteiger partial charge on any atom is 0.303 e. The Morgan fingerprint density at radius 1 is 1.12 bits per heavy atom. The number of aliphatic carboxylic acids is 1. The second-order valence-electron chi connectivity index (χ2n) is 7.91. The first-order valence-electron chi connectivity index (χ1n) is 10.5. The minimum Gasteiger partial charge on any atom is -0.481 e. The molecule has 1 aliphatic rings. The largest absolute Gasteiger partial charge is 0.481 e. The van der Waals surface area contributed by atoms with Crippen LogP contribution in [0.2, 0.25) is 0 Å². The average Bonchev–Trinajstić information content (AvgIpc) is 3.16. The van der Waals surface area contributed by atoms with E-state index in [2.05, 4.69) is 32.8 Å². The molecular weight excluding hydrogens is 413 g/mol. The van der Waals surface area contributed by atoms with Gasteiger partial charge in [0.2, 0.25) is 11.9 Å². The number of nitrogens with one attached hydrogen (secondary N) is 2. The lowest BCUT2D eigenvalue weighted by molar-refractivity contribution is -0.137. The molecule has 2 aromatic carbocycles. The van der Waals surface area contributed by atoms with Crippen LogP contribution in [0.4, 0.5) is 16.3 Å². The predicted octanol–water partition coefficient (Wildman–Crippen LogP) is 4.07. The molecule has 0 bridgehead atoms. The lowest BCUT2D eigenvalue weighted by atomic mass is 9.93. The molecule has 1 aliphatic heterocycles. The Hall–Kier alpha value is -3.75. The van der Waals surface area contributed by atoms with Gasteiger partial charge in [-0.3, -0.25) is 14.9 Å². The zero-order valence-corrected chi connectivity index (χ0v) is 17.6. The first-order valence-corrected chi connectivity index (χ1v) is 10.5. The Labute approximate surface area is 184 Å². The number of anilines is 2. The summed E-state index contributed by atoms with van der Waals surface area (Å²) in [4.78, 5) is 27.2. The van der Waals surface area contributed by atoms with Gasteiger partial charge >= 0.3 is 5.97 Å². The van der Waals surface area contributed by atoms with Gasteiger partial charge in [0, 0.05) is 12.8 Å². The number of halogens is 1. The van der Waals surface area contributed by atoms with E-state index in [0.29, 0.717) is 12.4 Å². The van der Waals surface area contributed by atoms with Crippen molar-refractivity contribution in [3.05, 3.63) is 71.0 Å². The summed E-state index contributed by atoms with van der Waals surface area (Å²) in [5, 5.41) is 19.2. The summed E-state index contributed by atoms with van der Waals surface area (Å²) in [7, 11) is 0. The van der Waals surface area contributed by atoms with Gasteiger partial charge < -0.3 is 10.4 Å². The van der Waals surface area contributed by atoms with E-state index in [0.717, 1.165) is 16.7 Å². The molecule has 2 atom stereocenters. The van der Waals surface area contributed by atoms with Crippen molar-refractivity contribution in [1.29, 1.82) is 0 Å². The summed E-state index contributed by atoms with van der Waals surface area (Å²) < 4.78 is 15.2. The lowest BCUT2D eigenvalue weighted by Crippen LogP contribution is -2.28. The van der Waals surface area contributed by atoms with E-state index in [4.69, 9.17) is 5.11 Å². The van der Waals surface area contributed by atoms with E-state index in [1.807, 2.05) is 19.1 Å². The maximum atomic E-state index is 13.5. The van der Waals surface area contributed by atoms with E-state index in [-0.39, 0.29) is 49.0 Å². The van der Waals surface area contributed by atoms with Crippen LogP contribution in [0.15, 0.2) is 48.5 Å². The predicted molar refractivity (Wildman–Crippen MR) is 117 cm³/mol. The Morgan fingerprint density at radius 3 is 2.50 bits per heavy atom. The third-order valence-electron chi connectivity index (χ3n) is 5.47. The molecule has 0 aliphatic carbocycles. The molecule has 32 heavy (non-hydrogen) atoms. The van der Waals surface area contributed by atoms with E-state index >= 15 is 0 Å². The van der Waals surface area contributed by atoms with Crippen LogP contribution in [0.5, 0.6) is 0 Å². The van der Waals surface area contributed by atoms with Crippen molar-refractivity contribution in [2.45, 2.75) is 44.7 Å². The van der Waals surface area contributed by atoms with Gasteiger partial charge in [-0.1, -0.05) is 42.0 Å². The average molecular weight is 437 g/mol. The van der Waals surface area contributed by atoms with Crippen molar-refractivity contribution in [2.24, 2.45) is 0 Å². The van der Waals surface area contributed by atoms with Crippen molar-refractivity contribution in [2.75, 3.05) is 10.6 Å². The Morgan fingerprint density at radius 2 is 1.81 bits per heavy atom. The number of hydrogen-bond acceptors (Lipinski definition) is 5. The first-order chi connectivity index (χ1) is 15.4. The van der Waals surface area contributed by atoms with Crippen molar-refractivity contribution >= 4 is 23.8 Å². The molecule has 0 spiro atoms. The second-order valence-corrected chi connectivity index (χ2v) is 7.91. The van der Waals surface area contributed by atoms with Crippen LogP contribution in [-0.4, -0.2) is 31.7 Å². The summed E-state index contributed by atoms with van der Waals surface area (Å²) in [6, 6.07) is 14.3. The highest BCUT2D eigenvalue weighted by Crippen LogP contribution is 2.38. The number of fused-ring (bicyclic) bond motifs is 1. The number of aryl methyl sites for hydroxylation is 1. The van der Waals surface area contributed by atoms with Crippen molar-refractivity contribution in [3.8, 4) is 0 Å². The van der Waals surface area contributed by atoms with Crippen LogP contribution < -0.4 is 10.6 Å². The Balaban J connectivity index is 1.59. The Bertz CT molecular complexity index is 1110. The minimum atomic E-state index is -0.943. The lowest BCUT2D eigenvalue weighted by Gasteiger charge is -2.31. The van der Waals surface area contributed by atoms with Crippen molar-refractivity contribution in [1.82, 2.24) is 14.8 Å². The van der Waals surface area contributed by atoms with Crippen LogP contribution in [0, 0.1) is 12.7 Å². The number of carbonyl (C=O) groups excluding carboxylic acids is 1. The number of aromatic nitrogens is 3. The highest BCUT2D eigenvalue weighted by molar-refractivity contribution is 5.89. The fourth-order valence-electron chi connectivity index (χ4n) is 3.80. The molecule has 0 fully saturated rings. The maximum absolute atomic E-state index is 13.5. The number of nitrogens with zero attached hydrogens (tertiary/aromatic N) is 3. The van der Waals surface area contributed by atoms with Crippen LogP contribution >= 0.6 is 0 Å². The third kappa shape index (κ3) is 4.93. The molecule has 2 unspecified atom stereocenters. The molecular formula is C23H24FN5O3. The fraction of sp³-hybridized carbons (Fsp3) is 0.304. The van der Waals surface area contributed by atoms with Gasteiger partial charge in [0.15, 0.2) is 0 Å². The molecule has 1 amide bonds. The number of hydrogen-bond donors (Lipinski definition) is 3. The summed E-state index contributed by atoms with van der Waals surface area (Å²) >= 11 is 0. The number of rotatable bonds is 7. The summed E-state index contributed by atoms with van der Waals surface area (Å²) in [6.45, 7) is 2.03. The van der Waals surface area contributed by atoms with E-state index < -0.39 is 5.97 Å². The van der Waals surface area contributed by atoms with Gasteiger partial charge in [-0.2, -0.15) is 4.98 Å². The van der Waals surface area contributed by atoms with Crippen LogP contribution in [0.25, 0.3) is 0 Å².